The zero-order chi connectivity index (χ0) is 14.9. The molecule has 2 heterocycles. The maximum absolute atomic E-state index is 12.3. The van der Waals surface area contributed by atoms with Crippen LogP contribution in [0.1, 0.15) is 37.7 Å². The van der Waals surface area contributed by atoms with Crippen LogP contribution in [0.4, 0.5) is 0 Å². The predicted octanol–water partition coefficient (Wildman–Crippen LogP) is 1.60. The Labute approximate surface area is 131 Å². The summed E-state index contributed by atoms with van der Waals surface area (Å²) in [6, 6.07) is 0.338. The molecular formula is C17H24N4O. The van der Waals surface area contributed by atoms with Crippen molar-refractivity contribution in [2.75, 3.05) is 13.1 Å². The molecule has 0 spiro atoms. The largest absolute Gasteiger partial charge is 0.352 e. The number of carbonyl (C=O) groups excluding carboxylic acids is 1. The third kappa shape index (κ3) is 3.00. The van der Waals surface area contributed by atoms with E-state index in [1.165, 1.54) is 19.3 Å². The monoisotopic (exact) mass is 300 g/mol. The summed E-state index contributed by atoms with van der Waals surface area (Å²) in [4.78, 5) is 22.9. The molecule has 1 aromatic rings. The van der Waals surface area contributed by atoms with E-state index in [9.17, 15) is 4.79 Å². The third-order valence-electron chi connectivity index (χ3n) is 5.49. The highest BCUT2D eigenvalue weighted by atomic mass is 16.2. The second kappa shape index (κ2) is 5.95. The van der Waals surface area contributed by atoms with E-state index < -0.39 is 0 Å². The number of hydrogen-bond donors (Lipinski definition) is 1. The zero-order valence-corrected chi connectivity index (χ0v) is 12.9. The summed E-state index contributed by atoms with van der Waals surface area (Å²) in [5, 5.41) is 3.36. The SMILES string of the molecule is O=C(N[C@H]1CN(Cc2cncnc2)C[C@@H]1C1CC1)C1CCC1. The summed E-state index contributed by atoms with van der Waals surface area (Å²) in [5.41, 5.74) is 1.16. The minimum atomic E-state index is 0.288. The van der Waals surface area contributed by atoms with Gasteiger partial charge >= 0.3 is 0 Å². The lowest BCUT2D eigenvalue weighted by molar-refractivity contribution is -0.128. The molecule has 4 rings (SSSR count). The Hall–Kier alpha value is -1.49. The average molecular weight is 300 g/mol. The number of rotatable bonds is 5. The molecule has 2 aliphatic carbocycles. The van der Waals surface area contributed by atoms with Crippen LogP contribution >= 0.6 is 0 Å². The first-order valence-electron chi connectivity index (χ1n) is 8.56. The molecule has 2 saturated carbocycles. The van der Waals surface area contributed by atoms with E-state index in [0.29, 0.717) is 17.9 Å². The van der Waals surface area contributed by atoms with Crippen LogP contribution < -0.4 is 5.32 Å². The fourth-order valence-corrected chi connectivity index (χ4v) is 3.84. The summed E-state index contributed by atoms with van der Waals surface area (Å²) >= 11 is 0. The van der Waals surface area contributed by atoms with E-state index in [-0.39, 0.29) is 5.92 Å². The van der Waals surface area contributed by atoms with Gasteiger partial charge < -0.3 is 5.32 Å². The number of carbonyl (C=O) groups is 1. The Bertz CT molecular complexity index is 527. The Morgan fingerprint density at radius 1 is 1.18 bits per heavy atom. The van der Waals surface area contributed by atoms with Crippen LogP contribution in [0.5, 0.6) is 0 Å². The first kappa shape index (κ1) is 14.1. The van der Waals surface area contributed by atoms with Crippen LogP contribution in [0.2, 0.25) is 0 Å². The van der Waals surface area contributed by atoms with Crippen LogP contribution in [0, 0.1) is 17.8 Å². The highest BCUT2D eigenvalue weighted by Crippen LogP contribution is 2.42. The van der Waals surface area contributed by atoms with E-state index in [4.69, 9.17) is 0 Å². The summed E-state index contributed by atoms with van der Waals surface area (Å²) in [7, 11) is 0. The van der Waals surface area contributed by atoms with Gasteiger partial charge in [-0.2, -0.15) is 0 Å². The van der Waals surface area contributed by atoms with Crippen molar-refractivity contribution < 1.29 is 4.79 Å². The van der Waals surface area contributed by atoms with Crippen molar-refractivity contribution in [1.29, 1.82) is 0 Å². The van der Waals surface area contributed by atoms with Gasteiger partial charge in [0.2, 0.25) is 5.91 Å². The summed E-state index contributed by atoms with van der Waals surface area (Å²) in [5.74, 6) is 2.04. The Balaban J connectivity index is 1.38. The Morgan fingerprint density at radius 3 is 2.59 bits per heavy atom. The lowest BCUT2D eigenvalue weighted by Gasteiger charge is -2.28. The quantitative estimate of drug-likeness (QED) is 0.897. The predicted molar refractivity (Wildman–Crippen MR) is 82.8 cm³/mol. The smallest absolute Gasteiger partial charge is 0.223 e. The maximum Gasteiger partial charge on any atom is 0.223 e. The third-order valence-corrected chi connectivity index (χ3v) is 5.49. The second-order valence-electron chi connectivity index (χ2n) is 7.19. The van der Waals surface area contributed by atoms with Gasteiger partial charge in [0, 0.05) is 49.6 Å². The second-order valence-corrected chi connectivity index (χ2v) is 7.19. The Kier molecular flexibility index (Phi) is 3.82. The van der Waals surface area contributed by atoms with Crippen LogP contribution in [-0.2, 0) is 11.3 Å². The van der Waals surface area contributed by atoms with Gasteiger partial charge in [-0.1, -0.05) is 6.42 Å². The van der Waals surface area contributed by atoms with Crippen molar-refractivity contribution in [3.63, 3.8) is 0 Å². The number of amides is 1. The number of aromatic nitrogens is 2. The zero-order valence-electron chi connectivity index (χ0n) is 12.9. The fourth-order valence-electron chi connectivity index (χ4n) is 3.84. The summed E-state index contributed by atoms with van der Waals surface area (Å²) < 4.78 is 0. The lowest BCUT2D eigenvalue weighted by atomic mass is 9.84. The molecule has 5 heteroatoms. The first-order valence-corrected chi connectivity index (χ1v) is 8.56. The average Bonchev–Trinajstić information content (AvgIpc) is 3.22. The molecule has 118 valence electrons. The fraction of sp³-hybridized carbons (Fsp3) is 0.706. The van der Waals surface area contributed by atoms with Crippen LogP contribution in [0.3, 0.4) is 0 Å². The summed E-state index contributed by atoms with van der Waals surface area (Å²) in [6.07, 6.45) is 11.4. The molecule has 0 unspecified atom stereocenters. The van der Waals surface area contributed by atoms with Crippen LogP contribution in [0.15, 0.2) is 18.7 Å². The van der Waals surface area contributed by atoms with E-state index in [1.807, 2.05) is 12.4 Å². The van der Waals surface area contributed by atoms with Crippen molar-refractivity contribution in [2.24, 2.45) is 17.8 Å². The molecule has 1 aromatic heterocycles. The minimum Gasteiger partial charge on any atom is -0.352 e. The van der Waals surface area contributed by atoms with Gasteiger partial charge in [-0.25, -0.2) is 9.97 Å². The minimum absolute atomic E-state index is 0.288. The van der Waals surface area contributed by atoms with Gasteiger partial charge in [-0.05, 0) is 37.5 Å². The topological polar surface area (TPSA) is 58.1 Å². The molecule has 2 atom stereocenters. The van der Waals surface area contributed by atoms with E-state index >= 15 is 0 Å². The molecule has 5 nitrogen and oxygen atoms in total. The molecule has 1 aliphatic heterocycles. The van der Waals surface area contributed by atoms with Crippen molar-refractivity contribution in [3.05, 3.63) is 24.3 Å². The molecule has 3 aliphatic rings. The van der Waals surface area contributed by atoms with Crippen molar-refractivity contribution >= 4 is 5.91 Å². The van der Waals surface area contributed by atoms with Crippen LogP contribution in [-0.4, -0.2) is 39.9 Å². The highest BCUT2D eigenvalue weighted by molar-refractivity contribution is 5.79. The number of nitrogens with one attached hydrogen (secondary N) is 1. The van der Waals surface area contributed by atoms with E-state index in [1.54, 1.807) is 6.33 Å². The number of likely N-dealkylation sites (tertiary alicyclic amines) is 1. The van der Waals surface area contributed by atoms with Gasteiger partial charge in [0.1, 0.15) is 6.33 Å². The molecule has 1 N–H and O–H groups in total. The molecule has 0 radical (unpaired) electrons. The van der Waals surface area contributed by atoms with E-state index in [2.05, 4.69) is 20.2 Å². The molecular weight excluding hydrogens is 276 g/mol. The molecule has 1 amide bonds. The van der Waals surface area contributed by atoms with Crippen molar-refractivity contribution in [1.82, 2.24) is 20.2 Å². The van der Waals surface area contributed by atoms with Gasteiger partial charge in [-0.3, -0.25) is 9.69 Å². The van der Waals surface area contributed by atoms with Gasteiger partial charge in [0.15, 0.2) is 0 Å². The van der Waals surface area contributed by atoms with Gasteiger partial charge in [-0.15, -0.1) is 0 Å². The molecule has 3 fully saturated rings. The molecule has 0 aromatic carbocycles. The summed E-state index contributed by atoms with van der Waals surface area (Å²) in [6.45, 7) is 2.95. The normalized spacial score (nSPS) is 29.3. The van der Waals surface area contributed by atoms with Crippen molar-refractivity contribution in [3.8, 4) is 0 Å². The number of hydrogen-bond acceptors (Lipinski definition) is 4. The Morgan fingerprint density at radius 2 is 1.95 bits per heavy atom. The highest BCUT2D eigenvalue weighted by Gasteiger charge is 2.43. The first-order chi connectivity index (χ1) is 10.8. The number of nitrogens with zero attached hydrogens (tertiary/aromatic N) is 3. The molecule has 1 saturated heterocycles. The molecule has 22 heavy (non-hydrogen) atoms. The maximum atomic E-state index is 12.3. The van der Waals surface area contributed by atoms with Crippen molar-refractivity contribution in [2.45, 2.75) is 44.7 Å². The van der Waals surface area contributed by atoms with Crippen LogP contribution in [0.25, 0.3) is 0 Å². The molecule has 0 bridgehead atoms. The standard InChI is InChI=1S/C17H24N4O/c22-17(14-2-1-3-14)20-16-10-21(9-15(16)13-4-5-13)8-12-6-18-11-19-7-12/h6-7,11,13-16H,1-5,8-10H2,(H,20,22)/t15-,16+/m1/s1. The van der Waals surface area contributed by atoms with E-state index in [0.717, 1.165) is 44.0 Å². The van der Waals surface area contributed by atoms with Gasteiger partial charge in [0.25, 0.3) is 0 Å². The van der Waals surface area contributed by atoms with Gasteiger partial charge in [0.05, 0.1) is 0 Å². The lowest BCUT2D eigenvalue weighted by Crippen LogP contribution is -2.45.